The molecule has 1 amide bonds. The van der Waals surface area contributed by atoms with Crippen LogP contribution in [0.4, 0.5) is 0 Å². The molecule has 0 aliphatic rings. The first-order chi connectivity index (χ1) is 60.1. The van der Waals surface area contributed by atoms with Crippen LogP contribution in [0.2, 0.25) is 0 Å². The Hall–Kier alpha value is -14.3. The Bertz CT molecular complexity index is 5530. The van der Waals surface area contributed by atoms with E-state index in [-0.39, 0.29) is 36.1 Å². The number of aromatic nitrogens is 13. The lowest BCUT2D eigenvalue weighted by atomic mass is 10.00. The molecule has 9 heterocycles. The van der Waals surface area contributed by atoms with E-state index in [0.29, 0.717) is 56.5 Å². The highest BCUT2D eigenvalue weighted by Gasteiger charge is 2.19. The highest BCUT2D eigenvalue weighted by atomic mass is 16.5. The number of nitrogens with zero attached hydrogens (tertiary/aromatic N) is 13. The number of carboxylic acids is 2. The summed E-state index contributed by atoms with van der Waals surface area (Å²) in [4.78, 5) is 82.8. The van der Waals surface area contributed by atoms with Crippen LogP contribution in [0.15, 0.2) is 238 Å². The number of aromatic carboxylic acids is 1. The normalized spacial score (nSPS) is 11.0. The van der Waals surface area contributed by atoms with Crippen molar-refractivity contribution in [2.75, 3.05) is 19.8 Å². The van der Waals surface area contributed by atoms with Gasteiger partial charge in [-0.2, -0.15) is 0 Å². The number of pyridine rings is 5. The highest BCUT2D eigenvalue weighted by Crippen LogP contribution is 2.30. The third-order valence-electron chi connectivity index (χ3n) is 20.6. The third-order valence-corrected chi connectivity index (χ3v) is 20.6. The fourth-order valence-corrected chi connectivity index (χ4v) is 13.4. The molecule has 23 nitrogen and oxygen atoms in total. The number of phenols is 1. The Morgan fingerprint density at radius 2 is 0.752 bits per heavy atom. The molecule has 2 atom stereocenters. The van der Waals surface area contributed by atoms with Gasteiger partial charge in [0.25, 0.3) is 5.91 Å². The van der Waals surface area contributed by atoms with Crippen molar-refractivity contribution in [2.45, 2.75) is 162 Å². The van der Waals surface area contributed by atoms with Gasteiger partial charge in [0.15, 0.2) is 0 Å². The second-order valence-corrected chi connectivity index (χ2v) is 31.2. The second-order valence-electron chi connectivity index (χ2n) is 31.2. The number of nitrogens with one attached hydrogen (secondary N) is 1. The van der Waals surface area contributed by atoms with Crippen LogP contribution in [0.1, 0.15) is 165 Å². The lowest BCUT2D eigenvalue weighted by Crippen LogP contribution is -2.23. The molecule has 0 unspecified atom stereocenters. The number of carboxylic acid groups (broad SMARTS) is 2. The van der Waals surface area contributed by atoms with Gasteiger partial charge in [0.2, 0.25) is 0 Å². The largest absolute Gasteiger partial charge is 0.508 e. The van der Waals surface area contributed by atoms with E-state index < -0.39 is 11.9 Å². The number of benzene rings is 5. The van der Waals surface area contributed by atoms with Crippen LogP contribution in [0.3, 0.4) is 0 Å². The Kier molecular flexibility index (Phi) is 36.2. The summed E-state index contributed by atoms with van der Waals surface area (Å²) in [6.07, 6.45) is 25.5. The van der Waals surface area contributed by atoms with Crippen molar-refractivity contribution < 1.29 is 44.0 Å². The number of terminal acetylenes is 1. The van der Waals surface area contributed by atoms with E-state index in [4.69, 9.17) is 26.1 Å². The summed E-state index contributed by atoms with van der Waals surface area (Å²) in [5.74, 6) is 7.05. The first kappa shape index (κ1) is 94.6. The SMILES string of the molecule is C#CCNC(=O)c1ccc(C)nc1.CC(=O)C[C@H](C)CCCOc1ccccc1Cn1c(C)cnc1-c1ccc(C)cc1.Cc1ccc(-c2ncc(C)n2Cc2ccccc2C)cn1.Cc1ccc(-c2ncc(C)n2Cc2ccccc2O)cn1.Cc1ccc(-c2ncc(C)n2Cc2ccccc2OCCC[C@@H](C)CC(=O)O)cn1.Cc1ccc(C(=O)O)cn1. The monoisotopic (exact) mass is 1680 g/mol. The van der Waals surface area contributed by atoms with Crippen molar-refractivity contribution in [1.29, 1.82) is 0 Å². The molecule has 4 N–H and O–H groups in total. The van der Waals surface area contributed by atoms with Crippen molar-refractivity contribution in [1.82, 2.24) is 68.4 Å². The smallest absolute Gasteiger partial charge is 0.337 e. The molecule has 125 heavy (non-hydrogen) atoms. The van der Waals surface area contributed by atoms with Crippen molar-refractivity contribution in [3.05, 3.63) is 334 Å². The summed E-state index contributed by atoms with van der Waals surface area (Å²) < 4.78 is 20.9. The predicted molar refractivity (Wildman–Crippen MR) is 492 cm³/mol. The van der Waals surface area contributed by atoms with Crippen LogP contribution in [-0.2, 0) is 35.8 Å². The Morgan fingerprint density at radius 1 is 0.400 bits per heavy atom. The molecule has 0 bridgehead atoms. The zero-order valence-electron chi connectivity index (χ0n) is 74.0. The number of amides is 1. The molecule has 23 heteroatoms. The van der Waals surface area contributed by atoms with Gasteiger partial charge in [0.05, 0.1) is 50.5 Å². The van der Waals surface area contributed by atoms with E-state index in [2.05, 4.69) is 182 Å². The number of rotatable bonds is 29. The number of aliphatic carboxylic acids is 1. The van der Waals surface area contributed by atoms with Crippen LogP contribution < -0.4 is 14.8 Å². The van der Waals surface area contributed by atoms with E-state index in [1.807, 2.05) is 178 Å². The zero-order valence-corrected chi connectivity index (χ0v) is 74.0. The van der Waals surface area contributed by atoms with Crippen LogP contribution >= 0.6 is 0 Å². The van der Waals surface area contributed by atoms with E-state index in [9.17, 15) is 24.3 Å². The number of hydrogen-bond donors (Lipinski definition) is 4. The number of Topliss-reactive ketones (excluding diaryl/α,β-unsaturated/α-hetero) is 1. The maximum atomic E-state index is 11.3. The number of aryl methyl sites for hydroxylation is 11. The summed E-state index contributed by atoms with van der Waals surface area (Å²) in [5, 5.41) is 29.8. The summed E-state index contributed by atoms with van der Waals surface area (Å²) in [7, 11) is 0. The lowest BCUT2D eigenvalue weighted by molar-refractivity contribution is -0.138. The minimum atomic E-state index is -0.937. The third kappa shape index (κ3) is 29.5. The standard InChI is InChI=1S/C26H32N2O2.C24H29N3O3.C18H19N3.C17H17N3O.C10H10N2O.C7H7NO2/c1-19-11-13-23(14-12-19)26-27-17-21(3)28(26)18-24-9-5-6-10-25(24)30-15-7-8-20(2)16-22(4)29;1-17(13-23(28)29)7-6-12-30-22-9-5-4-8-21(22)16-27-19(3)14-26-24(27)20-11-10-18(2)25-15-20;1-13-6-4-5-7-17(13)12-21-15(3)10-20-18(21)16-9-8-14(2)19-11-16;1-12-7-8-14(10-18-12)17-19-9-13(2)20(17)11-15-5-3-4-6-16(15)21;1-3-6-11-10(13)9-5-4-8(2)12-7-9;1-5-2-3-6(4-8-5)7(9)10/h5-6,9-14,17,20H,7-8,15-16,18H2,1-4H3;4-5,8-11,14-15,17H,6-7,12-13,16H2,1-3H3,(H,28,29);4-11H,12H2,1-3H3;3-10,21H,11H2,1-2H3;1,4-5,7H,6H2,2H3,(H,11,13);2-4H,1H3,(H,9,10)/t20-;17-;;;;/m11..../s1. The molecule has 0 aliphatic heterocycles. The fourth-order valence-electron chi connectivity index (χ4n) is 13.4. The average molecular weight is 1680 g/mol. The minimum absolute atomic E-state index is 0.153. The zero-order chi connectivity index (χ0) is 89.9. The number of para-hydroxylation sites is 3. The van der Waals surface area contributed by atoms with E-state index in [1.54, 1.807) is 31.2 Å². The minimum Gasteiger partial charge on any atom is -0.508 e. The number of aromatic hydroxyl groups is 1. The van der Waals surface area contributed by atoms with Gasteiger partial charge in [-0.3, -0.25) is 34.5 Å². The molecular weight excluding hydrogens is 1570 g/mol. The molecular formula is C102H114N14O9. The van der Waals surface area contributed by atoms with Gasteiger partial charge in [-0.15, -0.1) is 6.42 Å². The van der Waals surface area contributed by atoms with Gasteiger partial charge < -0.3 is 53.2 Å². The summed E-state index contributed by atoms with van der Waals surface area (Å²) in [5.41, 5.74) is 20.9. The number of carbonyl (C=O) groups is 4. The number of phenolic OH excluding ortho intramolecular Hbond substituents is 1. The Labute approximate surface area is 733 Å². The molecule has 14 rings (SSSR count). The van der Waals surface area contributed by atoms with Crippen LogP contribution in [0.25, 0.3) is 45.6 Å². The maximum Gasteiger partial charge on any atom is 0.337 e. The van der Waals surface area contributed by atoms with Crippen LogP contribution in [-0.4, -0.2) is 122 Å². The van der Waals surface area contributed by atoms with E-state index in [1.165, 1.54) is 35.2 Å². The molecule has 0 saturated carbocycles. The topological polar surface area (TPSA) is 295 Å². The number of imidazole rings is 4. The summed E-state index contributed by atoms with van der Waals surface area (Å²) in [6.45, 7) is 32.1. The molecule has 0 saturated heterocycles. The summed E-state index contributed by atoms with van der Waals surface area (Å²) >= 11 is 0. The first-order valence-corrected chi connectivity index (χ1v) is 41.8. The molecule has 646 valence electrons. The molecule has 0 aliphatic carbocycles. The van der Waals surface area contributed by atoms with Gasteiger partial charge >= 0.3 is 11.9 Å². The average Bonchev–Trinajstić information content (AvgIpc) is 1.64. The highest BCUT2D eigenvalue weighted by molar-refractivity contribution is 5.94. The molecule has 0 fully saturated rings. The van der Waals surface area contributed by atoms with Crippen LogP contribution in [0.5, 0.6) is 17.2 Å². The molecule has 5 aromatic carbocycles. The molecule has 0 radical (unpaired) electrons. The quantitative estimate of drug-likeness (QED) is 0.0250. The predicted octanol–water partition coefficient (Wildman–Crippen LogP) is 19.9. The van der Waals surface area contributed by atoms with E-state index in [0.717, 1.165) is 157 Å². The molecule has 9 aromatic heterocycles. The second kappa shape index (κ2) is 47.8. The number of hydrogen-bond acceptors (Lipinski definition) is 16. The number of ether oxygens (including phenoxy) is 2. The Morgan fingerprint density at radius 3 is 1.13 bits per heavy atom. The van der Waals surface area contributed by atoms with Gasteiger partial charge in [-0.1, -0.05) is 128 Å². The lowest BCUT2D eigenvalue weighted by Gasteiger charge is -2.15. The number of carbonyl (C=O) groups excluding carboxylic acids is 2. The van der Waals surface area contributed by atoms with Gasteiger partial charge in [0, 0.05) is 165 Å². The van der Waals surface area contributed by atoms with Crippen molar-refractivity contribution in [2.24, 2.45) is 11.8 Å². The van der Waals surface area contributed by atoms with Crippen molar-refractivity contribution in [3.63, 3.8) is 0 Å². The van der Waals surface area contributed by atoms with Gasteiger partial charge in [-0.25, -0.2) is 24.7 Å². The Balaban J connectivity index is 0.000000175. The number of ketones is 1. The van der Waals surface area contributed by atoms with Gasteiger partial charge in [-0.05, 0) is 211 Å². The summed E-state index contributed by atoms with van der Waals surface area (Å²) in [6, 6.07) is 59.4. The van der Waals surface area contributed by atoms with Crippen molar-refractivity contribution >= 4 is 23.6 Å². The van der Waals surface area contributed by atoms with Gasteiger partial charge in [0.1, 0.15) is 46.3 Å². The maximum absolute atomic E-state index is 11.3. The van der Waals surface area contributed by atoms with E-state index >= 15 is 0 Å². The fraction of sp³-hybridized carbons (Fsp3) is 0.284. The molecule has 0 spiro atoms. The molecule has 14 aromatic rings. The first-order valence-electron chi connectivity index (χ1n) is 41.8. The van der Waals surface area contributed by atoms with Crippen molar-refractivity contribution in [3.8, 4) is 75.1 Å². The van der Waals surface area contributed by atoms with Crippen LogP contribution in [0, 0.1) is 100 Å².